The number of hydrogen-bond acceptors (Lipinski definition) is 3. The normalized spacial score (nSPS) is 13.6. The third-order valence-corrected chi connectivity index (χ3v) is 16.9. The molecule has 2 aliphatic rings. The van der Waals surface area contributed by atoms with Crippen molar-refractivity contribution in [3.8, 4) is 67.1 Å². The minimum atomic E-state index is -0.537. The third kappa shape index (κ3) is 6.42. The highest BCUT2D eigenvalue weighted by Gasteiger charge is 2.47. The van der Waals surface area contributed by atoms with Crippen molar-refractivity contribution in [3.05, 3.63) is 330 Å². The third-order valence-electron chi connectivity index (χ3n) is 16.9. The van der Waals surface area contributed by atoms with Gasteiger partial charge in [-0.2, -0.15) is 0 Å². The molecule has 0 spiro atoms. The van der Waals surface area contributed by atoms with Gasteiger partial charge in [0.1, 0.15) is 16.7 Å². The molecule has 0 amide bonds. The maximum Gasteiger partial charge on any atom is 0.227 e. The monoisotopic (exact) mass is 993 g/mol. The van der Waals surface area contributed by atoms with Crippen LogP contribution in [0.15, 0.2) is 294 Å². The summed E-state index contributed by atoms with van der Waals surface area (Å²) < 4.78 is 13.3. The lowest BCUT2D eigenvalue weighted by molar-refractivity contribution is 0.620. The number of fused-ring (bicyclic) bond motifs is 10. The van der Waals surface area contributed by atoms with Crippen LogP contribution in [0.2, 0.25) is 0 Å². The van der Waals surface area contributed by atoms with Gasteiger partial charge in [0.15, 0.2) is 5.58 Å². The van der Waals surface area contributed by atoms with E-state index in [2.05, 4.69) is 261 Å². The molecule has 0 saturated carbocycles. The van der Waals surface area contributed by atoms with E-state index in [0.717, 1.165) is 72.0 Å². The Morgan fingerprint density at radius 1 is 0.256 bits per heavy atom. The Labute approximate surface area is 452 Å². The summed E-state index contributed by atoms with van der Waals surface area (Å²) in [4.78, 5) is 4.83. The van der Waals surface area contributed by atoms with Gasteiger partial charge in [-0.3, -0.25) is 0 Å². The van der Waals surface area contributed by atoms with Crippen LogP contribution < -0.4 is 0 Å². The fourth-order valence-corrected chi connectivity index (χ4v) is 13.5. The maximum absolute atomic E-state index is 7.07. The number of nitrogens with zero attached hydrogens (tertiary/aromatic N) is 1. The summed E-state index contributed by atoms with van der Waals surface area (Å²) >= 11 is 0. The maximum atomic E-state index is 7.07. The topological polar surface area (TPSA) is 39.2 Å². The van der Waals surface area contributed by atoms with Gasteiger partial charge in [0, 0.05) is 21.9 Å². The fourth-order valence-electron chi connectivity index (χ4n) is 13.5. The predicted molar refractivity (Wildman–Crippen MR) is 318 cm³/mol. The average molecular weight is 994 g/mol. The molecule has 364 valence electrons. The second kappa shape index (κ2) is 17.2. The number of hydrogen-bond donors (Lipinski definition) is 0. The van der Waals surface area contributed by atoms with Crippen molar-refractivity contribution in [3.63, 3.8) is 0 Å². The molecule has 14 aromatic rings. The van der Waals surface area contributed by atoms with Crippen LogP contribution in [0.25, 0.3) is 100 Å². The van der Waals surface area contributed by atoms with Crippen LogP contribution in [-0.4, -0.2) is 4.98 Å². The lowest BCUT2D eigenvalue weighted by Crippen LogP contribution is -2.28. The lowest BCUT2D eigenvalue weighted by Gasteiger charge is -2.34. The summed E-state index contributed by atoms with van der Waals surface area (Å²) in [7, 11) is 0. The van der Waals surface area contributed by atoms with Crippen LogP contribution in [0.4, 0.5) is 0 Å². The van der Waals surface area contributed by atoms with Gasteiger partial charge in [-0.25, -0.2) is 4.98 Å². The SMILES string of the molecule is c1ccc(C2(c3ccccc3)c3ccccc3-c3ccc(-c4ccc5oc6c(-c7ccc(-c8nc9ccccc9o8)cc7)cc(-c7ccc8c(c7)C(c7ccccc7)(c7ccccc7)c7ccccc7-8)cc6c5c4)cc32)cc1. The minimum absolute atomic E-state index is 0.507. The first-order chi connectivity index (χ1) is 38.6. The first kappa shape index (κ1) is 44.2. The highest BCUT2D eigenvalue weighted by molar-refractivity contribution is 6.12. The highest BCUT2D eigenvalue weighted by atomic mass is 16.3. The Morgan fingerprint density at radius 3 is 1.23 bits per heavy atom. The molecule has 3 heteroatoms. The smallest absolute Gasteiger partial charge is 0.227 e. The zero-order valence-electron chi connectivity index (χ0n) is 42.4. The predicted octanol–water partition coefficient (Wildman–Crippen LogP) is 19.1. The van der Waals surface area contributed by atoms with Crippen LogP contribution in [0.5, 0.6) is 0 Å². The second-order valence-electron chi connectivity index (χ2n) is 20.9. The molecule has 0 fully saturated rings. The molecule has 3 nitrogen and oxygen atoms in total. The molecule has 78 heavy (non-hydrogen) atoms. The Balaban J connectivity index is 0.905. The van der Waals surface area contributed by atoms with Crippen molar-refractivity contribution in [2.75, 3.05) is 0 Å². The fraction of sp³-hybridized carbons (Fsp3) is 0.0267. The summed E-state index contributed by atoms with van der Waals surface area (Å²) in [5.41, 5.74) is 24.9. The zero-order chi connectivity index (χ0) is 51.4. The van der Waals surface area contributed by atoms with Gasteiger partial charge in [-0.15, -0.1) is 0 Å². The number of para-hydroxylation sites is 2. The minimum Gasteiger partial charge on any atom is -0.455 e. The summed E-state index contributed by atoms with van der Waals surface area (Å²) in [6.07, 6.45) is 0. The van der Waals surface area contributed by atoms with Crippen molar-refractivity contribution in [1.29, 1.82) is 0 Å². The standard InChI is InChI=1S/C75H47NO2/c1-5-19-54(20-6-1)74(55-21-7-2-8-22-55)65-29-15-13-27-58(65)60-40-37-51(46-67(60)74)50-39-42-70-63(43-50)64-45-53(44-62(72(64)77-70)48-33-35-49(36-34-48)73-76-69-31-17-18-32-71(69)78-73)52-38-41-61-59-28-14-16-30-66(59)75(68(61)47-52,56-23-9-3-10-24-56)57-25-11-4-12-26-57/h1-47H. The molecular weight excluding hydrogens is 947 g/mol. The van der Waals surface area contributed by atoms with Gasteiger partial charge in [0.2, 0.25) is 5.89 Å². The summed E-state index contributed by atoms with van der Waals surface area (Å²) in [5, 5.41) is 2.12. The summed E-state index contributed by atoms with van der Waals surface area (Å²) in [5.74, 6) is 0.595. The quantitative estimate of drug-likeness (QED) is 0.152. The molecule has 16 rings (SSSR count). The average Bonchev–Trinajstić information content (AvgIpc) is 4.45. The van der Waals surface area contributed by atoms with Crippen LogP contribution in [-0.2, 0) is 10.8 Å². The molecular formula is C75H47NO2. The van der Waals surface area contributed by atoms with E-state index in [-0.39, 0.29) is 0 Å². The van der Waals surface area contributed by atoms with Gasteiger partial charge < -0.3 is 8.83 Å². The van der Waals surface area contributed by atoms with E-state index in [9.17, 15) is 0 Å². The second-order valence-corrected chi connectivity index (χ2v) is 20.9. The van der Waals surface area contributed by atoms with Crippen LogP contribution in [0.1, 0.15) is 44.5 Å². The van der Waals surface area contributed by atoms with E-state index >= 15 is 0 Å². The Bertz CT molecular complexity index is 4540. The Kier molecular flexibility index (Phi) is 9.77. The molecule has 12 aromatic carbocycles. The van der Waals surface area contributed by atoms with Crippen LogP contribution in [0.3, 0.4) is 0 Å². The number of aromatic nitrogens is 1. The first-order valence-corrected chi connectivity index (χ1v) is 26.8. The summed E-state index contributed by atoms with van der Waals surface area (Å²) in [6, 6.07) is 104. The molecule has 2 aliphatic carbocycles. The van der Waals surface area contributed by atoms with Crippen molar-refractivity contribution >= 4 is 33.0 Å². The van der Waals surface area contributed by atoms with E-state index < -0.39 is 10.8 Å². The van der Waals surface area contributed by atoms with Gasteiger partial charge in [-0.1, -0.05) is 224 Å². The molecule has 0 saturated heterocycles. The molecule has 0 aliphatic heterocycles. The Morgan fingerprint density at radius 2 is 0.679 bits per heavy atom. The zero-order valence-corrected chi connectivity index (χ0v) is 42.4. The molecule has 0 radical (unpaired) electrons. The van der Waals surface area contributed by atoms with Crippen molar-refractivity contribution < 1.29 is 8.83 Å². The molecule has 2 aromatic heterocycles. The molecule has 0 N–H and O–H groups in total. The van der Waals surface area contributed by atoms with E-state index in [1.165, 1.54) is 66.8 Å². The van der Waals surface area contributed by atoms with Crippen molar-refractivity contribution in [1.82, 2.24) is 4.98 Å². The van der Waals surface area contributed by atoms with Crippen molar-refractivity contribution in [2.45, 2.75) is 10.8 Å². The van der Waals surface area contributed by atoms with Gasteiger partial charge >= 0.3 is 0 Å². The number of furan rings is 1. The molecule has 0 atom stereocenters. The lowest BCUT2D eigenvalue weighted by atomic mass is 9.67. The van der Waals surface area contributed by atoms with E-state index in [1.54, 1.807) is 0 Å². The van der Waals surface area contributed by atoms with E-state index in [4.69, 9.17) is 13.8 Å². The molecule has 0 unspecified atom stereocenters. The Hall–Kier alpha value is -10.1. The van der Waals surface area contributed by atoms with Crippen LogP contribution in [0, 0.1) is 0 Å². The van der Waals surface area contributed by atoms with E-state index in [1.807, 2.05) is 24.3 Å². The number of benzene rings is 12. The van der Waals surface area contributed by atoms with E-state index in [0.29, 0.717) is 5.89 Å². The summed E-state index contributed by atoms with van der Waals surface area (Å²) in [6.45, 7) is 0. The van der Waals surface area contributed by atoms with Gasteiger partial charge in [0.25, 0.3) is 0 Å². The van der Waals surface area contributed by atoms with Crippen LogP contribution >= 0.6 is 0 Å². The number of rotatable bonds is 8. The molecule has 0 bridgehead atoms. The van der Waals surface area contributed by atoms with Gasteiger partial charge in [-0.05, 0) is 155 Å². The first-order valence-electron chi connectivity index (χ1n) is 26.8. The highest BCUT2D eigenvalue weighted by Crippen LogP contribution is 2.59. The number of oxazole rings is 1. The van der Waals surface area contributed by atoms with Gasteiger partial charge in [0.05, 0.1) is 10.8 Å². The molecule has 2 heterocycles. The largest absolute Gasteiger partial charge is 0.455 e. The van der Waals surface area contributed by atoms with Crippen molar-refractivity contribution in [2.24, 2.45) is 0 Å².